The van der Waals surface area contributed by atoms with Crippen molar-refractivity contribution >= 4 is 22.5 Å². The minimum Gasteiger partial charge on any atom is -0.310 e. The summed E-state index contributed by atoms with van der Waals surface area (Å²) in [5, 5.41) is 1.07. The average molecular weight is 256 g/mol. The van der Waals surface area contributed by atoms with E-state index >= 15 is 0 Å². The van der Waals surface area contributed by atoms with Gasteiger partial charge in [-0.1, -0.05) is 39.0 Å². The van der Waals surface area contributed by atoms with E-state index < -0.39 is 0 Å². The molecular formula is C16H20N2O. The van der Waals surface area contributed by atoms with E-state index in [1.165, 1.54) is 0 Å². The smallest absolute Gasteiger partial charge is 0.229 e. The normalized spacial score (nSPS) is 10.9. The Hall–Kier alpha value is -1.90. The second-order valence-corrected chi connectivity index (χ2v) is 5.00. The molecule has 1 amide bonds. The number of nitrogens with zero attached hydrogens (tertiary/aromatic N) is 2. The lowest BCUT2D eigenvalue weighted by Crippen LogP contribution is -2.35. The minimum absolute atomic E-state index is 0.00878. The number of pyridine rings is 1. The summed E-state index contributed by atoms with van der Waals surface area (Å²) in [6.07, 6.45) is 2.71. The van der Waals surface area contributed by atoms with Gasteiger partial charge in [0.1, 0.15) is 0 Å². The van der Waals surface area contributed by atoms with E-state index in [-0.39, 0.29) is 11.8 Å². The van der Waals surface area contributed by atoms with Gasteiger partial charge in [-0.15, -0.1) is 0 Å². The van der Waals surface area contributed by atoms with Crippen molar-refractivity contribution in [3.63, 3.8) is 0 Å². The summed E-state index contributed by atoms with van der Waals surface area (Å²) in [6, 6.07) is 9.92. The van der Waals surface area contributed by atoms with Crippen LogP contribution in [0.1, 0.15) is 27.2 Å². The molecule has 0 N–H and O–H groups in total. The van der Waals surface area contributed by atoms with E-state index in [1.807, 2.05) is 49.1 Å². The fourth-order valence-corrected chi connectivity index (χ4v) is 2.19. The third kappa shape index (κ3) is 2.75. The molecule has 1 aromatic carbocycles. The van der Waals surface area contributed by atoms with Crippen LogP contribution < -0.4 is 4.90 Å². The molecule has 2 aromatic rings. The van der Waals surface area contributed by atoms with Gasteiger partial charge >= 0.3 is 0 Å². The van der Waals surface area contributed by atoms with Crippen molar-refractivity contribution < 1.29 is 4.79 Å². The summed E-state index contributed by atoms with van der Waals surface area (Å²) in [5.74, 6) is 0.144. The molecule has 0 aliphatic heterocycles. The van der Waals surface area contributed by atoms with E-state index in [0.717, 1.165) is 29.6 Å². The van der Waals surface area contributed by atoms with Crippen molar-refractivity contribution in [1.29, 1.82) is 0 Å². The maximum absolute atomic E-state index is 12.4. The van der Waals surface area contributed by atoms with E-state index in [9.17, 15) is 4.79 Å². The van der Waals surface area contributed by atoms with Crippen LogP contribution in [0.25, 0.3) is 10.9 Å². The Morgan fingerprint density at radius 2 is 2.00 bits per heavy atom. The van der Waals surface area contributed by atoms with Gasteiger partial charge in [0.15, 0.2) is 0 Å². The fraction of sp³-hybridized carbons (Fsp3) is 0.375. The molecule has 0 aliphatic carbocycles. The molecular weight excluding hydrogens is 236 g/mol. The molecule has 0 atom stereocenters. The number of aromatic nitrogens is 1. The highest BCUT2D eigenvalue weighted by molar-refractivity contribution is 6.02. The number of benzene rings is 1. The van der Waals surface area contributed by atoms with Crippen LogP contribution in [-0.2, 0) is 4.79 Å². The summed E-state index contributed by atoms with van der Waals surface area (Å²) in [5.41, 5.74) is 1.81. The SMILES string of the molecule is CCCN(C(=O)C(C)C)c1cccc2cccnc12. The zero-order valence-corrected chi connectivity index (χ0v) is 11.8. The topological polar surface area (TPSA) is 33.2 Å². The molecule has 0 spiro atoms. The summed E-state index contributed by atoms with van der Waals surface area (Å²) in [4.78, 5) is 18.7. The summed E-state index contributed by atoms with van der Waals surface area (Å²) in [6.45, 7) is 6.68. The lowest BCUT2D eigenvalue weighted by atomic mass is 10.1. The van der Waals surface area contributed by atoms with Gasteiger partial charge in [0, 0.05) is 24.0 Å². The Labute approximate surface area is 114 Å². The number of hydrogen-bond acceptors (Lipinski definition) is 2. The molecule has 1 aromatic heterocycles. The van der Waals surface area contributed by atoms with Crippen LogP contribution in [0.5, 0.6) is 0 Å². The highest BCUT2D eigenvalue weighted by atomic mass is 16.2. The van der Waals surface area contributed by atoms with E-state index in [1.54, 1.807) is 6.20 Å². The molecule has 0 fully saturated rings. The van der Waals surface area contributed by atoms with Gasteiger partial charge in [-0.25, -0.2) is 0 Å². The molecule has 19 heavy (non-hydrogen) atoms. The first kappa shape index (κ1) is 13.5. The summed E-state index contributed by atoms with van der Waals surface area (Å²) in [7, 11) is 0. The average Bonchev–Trinajstić information content (AvgIpc) is 2.43. The number of hydrogen-bond donors (Lipinski definition) is 0. The predicted octanol–water partition coefficient (Wildman–Crippen LogP) is 3.63. The molecule has 0 saturated carbocycles. The summed E-state index contributed by atoms with van der Waals surface area (Å²) >= 11 is 0. The Kier molecular flexibility index (Phi) is 4.15. The quantitative estimate of drug-likeness (QED) is 0.836. The van der Waals surface area contributed by atoms with Crippen molar-refractivity contribution in [3.8, 4) is 0 Å². The Morgan fingerprint density at radius 3 is 2.68 bits per heavy atom. The van der Waals surface area contributed by atoms with Crippen LogP contribution in [-0.4, -0.2) is 17.4 Å². The largest absolute Gasteiger partial charge is 0.310 e. The predicted molar refractivity (Wildman–Crippen MR) is 79.2 cm³/mol. The first-order valence-corrected chi connectivity index (χ1v) is 6.80. The van der Waals surface area contributed by atoms with E-state index in [0.29, 0.717) is 0 Å². The number of carbonyl (C=O) groups is 1. The lowest BCUT2D eigenvalue weighted by Gasteiger charge is -2.25. The Balaban J connectivity index is 2.53. The van der Waals surface area contributed by atoms with Crippen molar-refractivity contribution in [1.82, 2.24) is 4.98 Å². The third-order valence-corrected chi connectivity index (χ3v) is 3.11. The molecule has 100 valence electrons. The summed E-state index contributed by atoms with van der Waals surface area (Å²) < 4.78 is 0. The minimum atomic E-state index is -0.00878. The fourth-order valence-electron chi connectivity index (χ4n) is 2.19. The Morgan fingerprint density at radius 1 is 1.26 bits per heavy atom. The highest BCUT2D eigenvalue weighted by Gasteiger charge is 2.20. The monoisotopic (exact) mass is 256 g/mol. The molecule has 3 nitrogen and oxygen atoms in total. The van der Waals surface area contributed by atoms with Crippen molar-refractivity contribution in [2.45, 2.75) is 27.2 Å². The standard InChI is InChI=1S/C16H20N2O/c1-4-11-18(16(19)12(2)3)14-9-5-7-13-8-6-10-17-15(13)14/h5-10,12H,4,11H2,1-3H3. The van der Waals surface area contributed by atoms with Crippen LogP contribution in [0, 0.1) is 5.92 Å². The molecule has 2 rings (SSSR count). The van der Waals surface area contributed by atoms with Crippen LogP contribution in [0.3, 0.4) is 0 Å². The second kappa shape index (κ2) is 5.83. The van der Waals surface area contributed by atoms with E-state index in [2.05, 4.69) is 11.9 Å². The van der Waals surface area contributed by atoms with Crippen LogP contribution in [0.4, 0.5) is 5.69 Å². The Bertz CT molecular complexity index is 572. The highest BCUT2D eigenvalue weighted by Crippen LogP contribution is 2.26. The van der Waals surface area contributed by atoms with Gasteiger partial charge in [0.05, 0.1) is 11.2 Å². The number of fused-ring (bicyclic) bond motifs is 1. The van der Waals surface area contributed by atoms with Crippen LogP contribution >= 0.6 is 0 Å². The third-order valence-electron chi connectivity index (χ3n) is 3.11. The van der Waals surface area contributed by atoms with Gasteiger partial charge in [-0.05, 0) is 18.6 Å². The molecule has 0 aliphatic rings. The van der Waals surface area contributed by atoms with Gasteiger partial charge in [-0.3, -0.25) is 9.78 Å². The number of rotatable bonds is 4. The second-order valence-electron chi connectivity index (χ2n) is 5.00. The van der Waals surface area contributed by atoms with Gasteiger partial charge < -0.3 is 4.90 Å². The van der Waals surface area contributed by atoms with Gasteiger partial charge in [-0.2, -0.15) is 0 Å². The van der Waals surface area contributed by atoms with Gasteiger partial charge in [0.2, 0.25) is 5.91 Å². The maximum Gasteiger partial charge on any atom is 0.229 e. The molecule has 0 unspecified atom stereocenters. The molecule has 1 heterocycles. The maximum atomic E-state index is 12.4. The first-order valence-electron chi connectivity index (χ1n) is 6.80. The van der Waals surface area contributed by atoms with Crippen LogP contribution in [0.15, 0.2) is 36.5 Å². The zero-order valence-electron chi connectivity index (χ0n) is 11.8. The zero-order chi connectivity index (χ0) is 13.8. The molecule has 0 bridgehead atoms. The van der Waals surface area contributed by atoms with Gasteiger partial charge in [0.25, 0.3) is 0 Å². The van der Waals surface area contributed by atoms with Crippen molar-refractivity contribution in [3.05, 3.63) is 36.5 Å². The first-order chi connectivity index (χ1) is 9.15. The molecule has 0 saturated heterocycles. The van der Waals surface area contributed by atoms with E-state index in [4.69, 9.17) is 0 Å². The number of anilines is 1. The van der Waals surface area contributed by atoms with Crippen LogP contribution in [0.2, 0.25) is 0 Å². The molecule has 3 heteroatoms. The lowest BCUT2D eigenvalue weighted by molar-refractivity contribution is -0.121. The van der Waals surface area contributed by atoms with Crippen molar-refractivity contribution in [2.24, 2.45) is 5.92 Å². The number of amides is 1. The number of para-hydroxylation sites is 1. The van der Waals surface area contributed by atoms with Crippen molar-refractivity contribution in [2.75, 3.05) is 11.4 Å². The molecule has 0 radical (unpaired) electrons. The number of carbonyl (C=O) groups excluding carboxylic acids is 1.